The van der Waals surface area contributed by atoms with E-state index in [-0.39, 0.29) is 0 Å². The summed E-state index contributed by atoms with van der Waals surface area (Å²) >= 11 is 0. The molecule has 0 amide bonds. The van der Waals surface area contributed by atoms with Gasteiger partial charge >= 0.3 is 5.97 Å². The van der Waals surface area contributed by atoms with Crippen molar-refractivity contribution in [1.82, 2.24) is 0 Å². The lowest BCUT2D eigenvalue weighted by Crippen LogP contribution is -2.32. The van der Waals surface area contributed by atoms with Crippen LogP contribution in [0.2, 0.25) is 0 Å². The van der Waals surface area contributed by atoms with E-state index in [2.05, 4.69) is 16.7 Å². The Bertz CT molecular complexity index is 223. The fourth-order valence-corrected chi connectivity index (χ4v) is 0.671. The van der Waals surface area contributed by atoms with Crippen LogP contribution in [0.3, 0.4) is 0 Å². The topological polar surface area (TPSA) is 62.0 Å². The predicted octanol–water partition coefficient (Wildman–Crippen LogP) is 1.36. The molecular weight excluding hydrogens is 156 g/mol. The van der Waals surface area contributed by atoms with Crippen LogP contribution in [0.1, 0.15) is 27.2 Å². The van der Waals surface area contributed by atoms with Crippen LogP contribution in [-0.2, 0) is 4.79 Å². The summed E-state index contributed by atoms with van der Waals surface area (Å²) in [7, 11) is 0. The van der Waals surface area contributed by atoms with E-state index in [1.54, 1.807) is 20.8 Å². The van der Waals surface area contributed by atoms with E-state index in [1.165, 1.54) is 0 Å². The lowest BCUT2D eigenvalue weighted by Gasteiger charge is -2.17. The van der Waals surface area contributed by atoms with Gasteiger partial charge in [-0.25, -0.2) is 9.79 Å². The fourth-order valence-electron chi connectivity index (χ4n) is 0.671. The molecule has 0 radical (unpaired) electrons. The van der Waals surface area contributed by atoms with Crippen LogP contribution in [-0.4, -0.2) is 29.2 Å². The van der Waals surface area contributed by atoms with E-state index in [4.69, 9.17) is 5.11 Å². The Morgan fingerprint density at radius 3 is 2.42 bits per heavy atom. The number of carbonyl (C=O) groups is 1. The normalized spacial score (nSPS) is 16.8. The number of amidine groups is 1. The third kappa shape index (κ3) is 2.45. The van der Waals surface area contributed by atoms with Gasteiger partial charge in [0.1, 0.15) is 5.84 Å². The zero-order valence-corrected chi connectivity index (χ0v) is 7.66. The quantitative estimate of drug-likeness (QED) is 0.513. The summed E-state index contributed by atoms with van der Waals surface area (Å²) in [5, 5.41) is 8.81. The molecule has 4 nitrogen and oxygen atoms in total. The Hall–Kier alpha value is -1.19. The summed E-state index contributed by atoms with van der Waals surface area (Å²) in [6, 6.07) is 0. The number of aliphatic imine (C=N–C) groups is 2. The summed E-state index contributed by atoms with van der Waals surface area (Å²) in [4.78, 5) is 18.2. The second-order valence-corrected chi connectivity index (χ2v) is 2.75. The molecule has 68 valence electrons. The molecule has 0 aromatic rings. The van der Waals surface area contributed by atoms with E-state index in [0.717, 1.165) is 0 Å². The minimum atomic E-state index is -1.06. The standard InChI is InChI=1S/C8H14N2O2/c1-5-8(3,7(11)12)10-6(2)9-4/h4-5H2,1-3H3,(H,11,12). The van der Waals surface area contributed by atoms with Crippen LogP contribution in [0.15, 0.2) is 9.98 Å². The molecule has 4 heteroatoms. The maximum Gasteiger partial charge on any atom is 0.331 e. The van der Waals surface area contributed by atoms with Crippen LogP contribution in [0.25, 0.3) is 0 Å². The van der Waals surface area contributed by atoms with Gasteiger partial charge in [0.25, 0.3) is 0 Å². The maximum absolute atomic E-state index is 10.7. The Labute approximate surface area is 72.0 Å². The van der Waals surface area contributed by atoms with Crippen LogP contribution < -0.4 is 0 Å². The molecule has 0 bridgehead atoms. The van der Waals surface area contributed by atoms with Gasteiger partial charge in [-0.2, -0.15) is 0 Å². The van der Waals surface area contributed by atoms with E-state index in [1.807, 2.05) is 0 Å². The fraction of sp³-hybridized carbons (Fsp3) is 0.625. The van der Waals surface area contributed by atoms with E-state index in [0.29, 0.717) is 12.3 Å². The molecule has 0 heterocycles. The number of carboxylic acid groups (broad SMARTS) is 1. The minimum Gasteiger partial charge on any atom is -0.479 e. The molecule has 1 unspecified atom stereocenters. The van der Waals surface area contributed by atoms with Crippen molar-refractivity contribution in [2.24, 2.45) is 9.98 Å². The maximum atomic E-state index is 10.7. The summed E-state index contributed by atoms with van der Waals surface area (Å²) in [5.74, 6) is -0.533. The van der Waals surface area contributed by atoms with Crippen molar-refractivity contribution in [2.45, 2.75) is 32.7 Å². The highest BCUT2D eigenvalue weighted by atomic mass is 16.4. The third-order valence-corrected chi connectivity index (χ3v) is 1.79. The second kappa shape index (κ2) is 3.99. The van der Waals surface area contributed by atoms with Crippen LogP contribution in [0.5, 0.6) is 0 Å². The summed E-state index contributed by atoms with van der Waals surface area (Å²) < 4.78 is 0. The van der Waals surface area contributed by atoms with Crippen molar-refractivity contribution >= 4 is 18.5 Å². The number of hydrogen-bond donors (Lipinski definition) is 1. The highest BCUT2D eigenvalue weighted by Gasteiger charge is 2.30. The van der Waals surface area contributed by atoms with E-state index in [9.17, 15) is 4.79 Å². The highest BCUT2D eigenvalue weighted by molar-refractivity contribution is 5.88. The SMILES string of the molecule is C=NC(C)=NC(C)(CC)C(=O)O. The van der Waals surface area contributed by atoms with Crippen molar-refractivity contribution in [3.05, 3.63) is 0 Å². The number of rotatable bonds is 3. The first-order chi connectivity index (χ1) is 5.46. The first-order valence-electron chi connectivity index (χ1n) is 3.73. The van der Waals surface area contributed by atoms with Gasteiger partial charge in [0.05, 0.1) is 0 Å². The molecule has 0 rings (SSSR count). The summed E-state index contributed by atoms with van der Waals surface area (Å²) in [6.07, 6.45) is 0.440. The van der Waals surface area contributed by atoms with Crippen molar-refractivity contribution in [3.8, 4) is 0 Å². The molecule has 12 heavy (non-hydrogen) atoms. The van der Waals surface area contributed by atoms with Crippen molar-refractivity contribution in [2.75, 3.05) is 0 Å². The number of hydrogen-bond acceptors (Lipinski definition) is 2. The second-order valence-electron chi connectivity index (χ2n) is 2.75. The smallest absolute Gasteiger partial charge is 0.331 e. The van der Waals surface area contributed by atoms with Gasteiger partial charge in [0, 0.05) is 0 Å². The van der Waals surface area contributed by atoms with Gasteiger partial charge in [0.2, 0.25) is 0 Å². The largest absolute Gasteiger partial charge is 0.479 e. The van der Waals surface area contributed by atoms with Crippen LogP contribution in [0.4, 0.5) is 0 Å². The molecular formula is C8H14N2O2. The van der Waals surface area contributed by atoms with Gasteiger partial charge in [-0.05, 0) is 27.0 Å². The Morgan fingerprint density at radius 1 is 1.67 bits per heavy atom. The van der Waals surface area contributed by atoms with Gasteiger partial charge < -0.3 is 5.11 Å². The van der Waals surface area contributed by atoms with Crippen molar-refractivity contribution in [1.29, 1.82) is 0 Å². The molecule has 0 saturated carbocycles. The molecule has 1 N–H and O–H groups in total. The zero-order valence-electron chi connectivity index (χ0n) is 7.66. The Morgan fingerprint density at radius 2 is 2.17 bits per heavy atom. The molecule has 0 aliphatic heterocycles. The average molecular weight is 170 g/mol. The molecule has 0 aromatic heterocycles. The minimum absolute atomic E-state index is 0.404. The number of carboxylic acids is 1. The molecule has 0 spiro atoms. The lowest BCUT2D eigenvalue weighted by molar-refractivity contribution is -0.142. The third-order valence-electron chi connectivity index (χ3n) is 1.79. The van der Waals surface area contributed by atoms with Crippen LogP contribution in [0, 0.1) is 0 Å². The first kappa shape index (κ1) is 10.8. The number of nitrogens with zero attached hydrogens (tertiary/aromatic N) is 2. The summed E-state index contributed by atoms with van der Waals surface area (Å²) in [6.45, 7) is 8.22. The van der Waals surface area contributed by atoms with Gasteiger partial charge in [-0.1, -0.05) is 6.92 Å². The summed E-state index contributed by atoms with van der Waals surface area (Å²) in [5.41, 5.74) is -1.06. The molecule has 0 saturated heterocycles. The molecule has 1 atom stereocenters. The highest BCUT2D eigenvalue weighted by Crippen LogP contribution is 2.15. The van der Waals surface area contributed by atoms with Gasteiger partial charge in [-0.15, -0.1) is 0 Å². The van der Waals surface area contributed by atoms with E-state index < -0.39 is 11.5 Å². The predicted molar refractivity (Wildman–Crippen MR) is 49.0 cm³/mol. The zero-order chi connectivity index (χ0) is 9.78. The van der Waals surface area contributed by atoms with E-state index >= 15 is 0 Å². The van der Waals surface area contributed by atoms with Crippen molar-refractivity contribution < 1.29 is 9.90 Å². The monoisotopic (exact) mass is 170 g/mol. The Balaban J connectivity index is 4.77. The Kier molecular flexibility index (Phi) is 3.60. The molecule has 0 aromatic carbocycles. The molecule has 0 fully saturated rings. The first-order valence-corrected chi connectivity index (χ1v) is 3.73. The van der Waals surface area contributed by atoms with Crippen LogP contribution >= 0.6 is 0 Å². The molecule has 0 aliphatic rings. The van der Waals surface area contributed by atoms with Gasteiger partial charge in [-0.3, -0.25) is 4.99 Å². The number of aliphatic carboxylic acids is 1. The van der Waals surface area contributed by atoms with Crippen molar-refractivity contribution in [3.63, 3.8) is 0 Å². The lowest BCUT2D eigenvalue weighted by atomic mass is 10.0. The average Bonchev–Trinajstić information content (AvgIpc) is 2.03. The van der Waals surface area contributed by atoms with Gasteiger partial charge in [0.15, 0.2) is 5.54 Å². The molecule has 0 aliphatic carbocycles.